The summed E-state index contributed by atoms with van der Waals surface area (Å²) in [6.45, 7) is 4.51. The van der Waals surface area contributed by atoms with Gasteiger partial charge < -0.3 is 5.32 Å². The quantitative estimate of drug-likeness (QED) is 0.419. The lowest BCUT2D eigenvalue weighted by Crippen LogP contribution is -1.98. The summed E-state index contributed by atoms with van der Waals surface area (Å²) in [5.41, 5.74) is 3.75. The fourth-order valence-electron chi connectivity index (χ4n) is 3.13. The van der Waals surface area contributed by atoms with E-state index in [0.717, 1.165) is 17.9 Å². The van der Waals surface area contributed by atoms with Crippen LogP contribution >= 0.6 is 0 Å². The van der Waals surface area contributed by atoms with Crippen molar-refractivity contribution in [3.05, 3.63) is 53.7 Å². The molecule has 0 bridgehead atoms. The van der Waals surface area contributed by atoms with Crippen molar-refractivity contribution in [1.29, 1.82) is 0 Å². The number of unbranched alkanes of at least 4 members (excludes halogenated alkanes) is 6. The average molecular weight is 339 g/mol. The highest BCUT2D eigenvalue weighted by atomic mass is 15.0. The van der Waals surface area contributed by atoms with Gasteiger partial charge in [0.2, 0.25) is 0 Å². The van der Waals surface area contributed by atoms with Gasteiger partial charge in [0.1, 0.15) is 5.82 Å². The largest absolute Gasteiger partial charge is 0.340 e. The van der Waals surface area contributed by atoms with Crippen LogP contribution in [0.2, 0.25) is 0 Å². The third-order valence-electron chi connectivity index (χ3n) is 4.61. The standard InChI is InChI=1S/C23H34N2/c1-3-5-7-9-13-20-14-11-17-22(19-20)25-23-18-12-16-21(24-23)15-10-8-6-4-2/h11-12,14,16-19H,3-10,13,15H2,1-2H3,(H,24,25). The van der Waals surface area contributed by atoms with Crippen molar-refractivity contribution in [2.75, 3.05) is 5.32 Å². The molecule has 2 aromatic rings. The Balaban J connectivity index is 1.88. The number of aromatic nitrogens is 1. The van der Waals surface area contributed by atoms with E-state index in [2.05, 4.69) is 61.6 Å². The first-order valence-electron chi connectivity index (χ1n) is 10.1. The molecule has 0 atom stereocenters. The molecule has 0 radical (unpaired) electrons. The summed E-state index contributed by atoms with van der Waals surface area (Å²) in [6, 6.07) is 15.1. The van der Waals surface area contributed by atoms with Crippen molar-refractivity contribution in [1.82, 2.24) is 4.98 Å². The number of pyridine rings is 1. The summed E-state index contributed by atoms with van der Waals surface area (Å²) < 4.78 is 0. The summed E-state index contributed by atoms with van der Waals surface area (Å²) in [6.07, 6.45) is 12.6. The summed E-state index contributed by atoms with van der Waals surface area (Å²) in [4.78, 5) is 4.77. The number of aryl methyl sites for hydroxylation is 2. The highest BCUT2D eigenvalue weighted by molar-refractivity contribution is 5.57. The molecular formula is C23H34N2. The van der Waals surface area contributed by atoms with Crippen LogP contribution in [0.3, 0.4) is 0 Å². The first kappa shape index (κ1) is 19.5. The van der Waals surface area contributed by atoms with Crippen LogP contribution in [-0.4, -0.2) is 4.98 Å². The Morgan fingerprint density at radius 3 is 2.24 bits per heavy atom. The van der Waals surface area contributed by atoms with E-state index in [-0.39, 0.29) is 0 Å². The molecular weight excluding hydrogens is 304 g/mol. The average Bonchev–Trinajstić information content (AvgIpc) is 2.63. The number of benzene rings is 1. The van der Waals surface area contributed by atoms with Crippen molar-refractivity contribution in [2.24, 2.45) is 0 Å². The first-order valence-corrected chi connectivity index (χ1v) is 10.1. The van der Waals surface area contributed by atoms with Crippen molar-refractivity contribution < 1.29 is 0 Å². The second-order valence-corrected chi connectivity index (χ2v) is 6.96. The monoisotopic (exact) mass is 338 g/mol. The van der Waals surface area contributed by atoms with Gasteiger partial charge in [0, 0.05) is 11.4 Å². The minimum atomic E-state index is 0.955. The molecule has 1 heterocycles. The van der Waals surface area contributed by atoms with Crippen LogP contribution in [0.5, 0.6) is 0 Å². The molecule has 136 valence electrons. The van der Waals surface area contributed by atoms with Crippen molar-refractivity contribution in [2.45, 2.75) is 78.1 Å². The SMILES string of the molecule is CCCCCCc1cccc(Nc2cccc(CCCCCC)n2)c1. The number of anilines is 2. The number of nitrogens with one attached hydrogen (secondary N) is 1. The van der Waals surface area contributed by atoms with Gasteiger partial charge in [-0.05, 0) is 55.5 Å². The maximum Gasteiger partial charge on any atom is 0.130 e. The molecule has 25 heavy (non-hydrogen) atoms. The Morgan fingerprint density at radius 1 is 0.760 bits per heavy atom. The van der Waals surface area contributed by atoms with Gasteiger partial charge in [-0.3, -0.25) is 0 Å². The lowest BCUT2D eigenvalue weighted by atomic mass is 10.1. The topological polar surface area (TPSA) is 24.9 Å². The highest BCUT2D eigenvalue weighted by Gasteiger charge is 2.01. The lowest BCUT2D eigenvalue weighted by molar-refractivity contribution is 0.661. The van der Waals surface area contributed by atoms with E-state index < -0.39 is 0 Å². The Hall–Kier alpha value is -1.83. The minimum absolute atomic E-state index is 0.955. The molecule has 2 nitrogen and oxygen atoms in total. The van der Waals surface area contributed by atoms with Crippen LogP contribution in [0.4, 0.5) is 11.5 Å². The number of rotatable bonds is 12. The van der Waals surface area contributed by atoms with Crippen LogP contribution in [0.25, 0.3) is 0 Å². The van der Waals surface area contributed by atoms with E-state index in [1.54, 1.807) is 0 Å². The molecule has 0 fully saturated rings. The Labute approximate surface area is 154 Å². The van der Waals surface area contributed by atoms with E-state index >= 15 is 0 Å². The molecule has 2 rings (SSSR count). The summed E-state index contributed by atoms with van der Waals surface area (Å²) >= 11 is 0. The zero-order valence-electron chi connectivity index (χ0n) is 16.1. The van der Waals surface area contributed by atoms with Gasteiger partial charge in [0.15, 0.2) is 0 Å². The van der Waals surface area contributed by atoms with E-state index in [4.69, 9.17) is 4.98 Å². The number of hydrogen-bond donors (Lipinski definition) is 1. The molecule has 2 heteroatoms. The number of nitrogens with zero attached hydrogens (tertiary/aromatic N) is 1. The summed E-state index contributed by atoms with van der Waals surface area (Å²) in [7, 11) is 0. The van der Waals surface area contributed by atoms with Gasteiger partial charge in [0.05, 0.1) is 0 Å². The van der Waals surface area contributed by atoms with Gasteiger partial charge in [-0.25, -0.2) is 4.98 Å². The predicted molar refractivity (Wildman–Crippen MR) is 110 cm³/mol. The molecule has 0 aliphatic heterocycles. The fourth-order valence-corrected chi connectivity index (χ4v) is 3.13. The van der Waals surface area contributed by atoms with Crippen molar-refractivity contribution in [3.8, 4) is 0 Å². The second-order valence-electron chi connectivity index (χ2n) is 6.96. The highest BCUT2D eigenvalue weighted by Crippen LogP contribution is 2.18. The van der Waals surface area contributed by atoms with Crippen molar-refractivity contribution in [3.63, 3.8) is 0 Å². The van der Waals surface area contributed by atoms with E-state index in [1.165, 1.54) is 69.0 Å². The molecule has 0 aliphatic rings. The van der Waals surface area contributed by atoms with Crippen LogP contribution in [0, 0.1) is 0 Å². The molecule has 0 saturated heterocycles. The molecule has 1 aromatic carbocycles. The van der Waals surface area contributed by atoms with E-state index in [9.17, 15) is 0 Å². The zero-order chi connectivity index (χ0) is 17.7. The zero-order valence-corrected chi connectivity index (χ0v) is 16.1. The predicted octanol–water partition coefficient (Wildman–Crippen LogP) is 7.07. The first-order chi connectivity index (χ1) is 12.3. The normalized spacial score (nSPS) is 10.8. The minimum Gasteiger partial charge on any atom is -0.340 e. The Kier molecular flexibility index (Phi) is 9.11. The van der Waals surface area contributed by atoms with Crippen molar-refractivity contribution >= 4 is 11.5 Å². The summed E-state index contributed by atoms with van der Waals surface area (Å²) in [5.74, 6) is 0.955. The molecule has 0 saturated carbocycles. The van der Waals surface area contributed by atoms with Crippen LogP contribution < -0.4 is 5.32 Å². The van der Waals surface area contributed by atoms with Gasteiger partial charge in [-0.1, -0.05) is 70.6 Å². The molecule has 0 unspecified atom stereocenters. The lowest BCUT2D eigenvalue weighted by Gasteiger charge is -2.09. The van der Waals surface area contributed by atoms with Gasteiger partial charge in [0.25, 0.3) is 0 Å². The molecule has 0 spiro atoms. The third kappa shape index (κ3) is 7.72. The maximum absolute atomic E-state index is 4.77. The van der Waals surface area contributed by atoms with Gasteiger partial charge in [-0.2, -0.15) is 0 Å². The Morgan fingerprint density at radius 2 is 1.48 bits per heavy atom. The molecule has 1 aromatic heterocycles. The van der Waals surface area contributed by atoms with Crippen LogP contribution in [0.1, 0.15) is 76.5 Å². The summed E-state index contributed by atoms with van der Waals surface area (Å²) in [5, 5.41) is 3.48. The fraction of sp³-hybridized carbons (Fsp3) is 0.522. The Bertz CT molecular complexity index is 553. The third-order valence-corrected chi connectivity index (χ3v) is 4.61. The van der Waals surface area contributed by atoms with Gasteiger partial charge in [-0.15, -0.1) is 0 Å². The maximum atomic E-state index is 4.77. The van der Waals surface area contributed by atoms with Crippen LogP contribution in [-0.2, 0) is 12.8 Å². The smallest absolute Gasteiger partial charge is 0.130 e. The molecule has 0 aliphatic carbocycles. The van der Waals surface area contributed by atoms with Gasteiger partial charge >= 0.3 is 0 Å². The second kappa shape index (κ2) is 11.7. The number of hydrogen-bond acceptors (Lipinski definition) is 2. The van der Waals surface area contributed by atoms with Crippen LogP contribution in [0.15, 0.2) is 42.5 Å². The van der Waals surface area contributed by atoms with E-state index in [1.807, 2.05) is 0 Å². The van der Waals surface area contributed by atoms with E-state index in [0.29, 0.717) is 0 Å². The molecule has 0 amide bonds. The molecule has 1 N–H and O–H groups in total.